The lowest BCUT2D eigenvalue weighted by Crippen LogP contribution is -2.40. The number of carbonyl (C=O) groups is 1. The summed E-state index contributed by atoms with van der Waals surface area (Å²) < 4.78 is 33.8. The van der Waals surface area contributed by atoms with Crippen molar-refractivity contribution in [1.82, 2.24) is 24.6 Å². The Bertz CT molecular complexity index is 1750. The second-order valence-corrected chi connectivity index (χ2v) is 13.2. The molecule has 2 aromatic heterocycles. The zero-order chi connectivity index (χ0) is 32.0. The number of imidazole rings is 1. The Labute approximate surface area is 261 Å². The van der Waals surface area contributed by atoms with Gasteiger partial charge >= 0.3 is 13.7 Å². The molecule has 0 bridgehead atoms. The van der Waals surface area contributed by atoms with Crippen LogP contribution in [0.15, 0.2) is 77.4 Å². The molecule has 1 saturated carbocycles. The first kappa shape index (κ1) is 32.2. The van der Waals surface area contributed by atoms with E-state index in [9.17, 15) is 14.2 Å². The highest BCUT2D eigenvalue weighted by molar-refractivity contribution is 7.52. The normalized spacial score (nSPS) is 19.0. The van der Waals surface area contributed by atoms with Gasteiger partial charge in [0.25, 0.3) is 5.56 Å². The van der Waals surface area contributed by atoms with Gasteiger partial charge in [-0.1, -0.05) is 82.1 Å². The molecule has 3 atom stereocenters. The minimum Gasteiger partial charge on any atom is -0.464 e. The maximum absolute atomic E-state index is 14.4. The Morgan fingerprint density at radius 2 is 1.84 bits per heavy atom. The predicted octanol–water partition coefficient (Wildman–Crippen LogP) is 5.34. The lowest BCUT2D eigenvalue weighted by Gasteiger charge is -2.26. The smallest absolute Gasteiger partial charge is 0.459 e. The van der Waals surface area contributed by atoms with Crippen LogP contribution in [0.1, 0.15) is 45.6 Å². The van der Waals surface area contributed by atoms with E-state index in [0.717, 1.165) is 24.0 Å². The largest absolute Gasteiger partial charge is 0.464 e. The highest BCUT2D eigenvalue weighted by Gasteiger charge is 2.47. The van der Waals surface area contributed by atoms with Crippen molar-refractivity contribution >= 4 is 37.0 Å². The van der Waals surface area contributed by atoms with E-state index < -0.39 is 30.7 Å². The molecule has 4 N–H and O–H groups in total. The number of benzene rings is 2. The van der Waals surface area contributed by atoms with Gasteiger partial charge in [0.1, 0.15) is 18.1 Å². The van der Waals surface area contributed by atoms with Crippen molar-refractivity contribution in [3.05, 3.63) is 88.5 Å². The monoisotopic (exact) mass is 634 g/mol. The highest BCUT2D eigenvalue weighted by atomic mass is 31.2. The molecule has 1 aliphatic rings. The number of nitrogen functional groups attached to an aromatic ring is 1. The molecule has 0 saturated heterocycles. The predicted molar refractivity (Wildman–Crippen MR) is 172 cm³/mol. The Morgan fingerprint density at radius 1 is 1.16 bits per heavy atom. The third-order valence-corrected chi connectivity index (χ3v) is 9.54. The van der Waals surface area contributed by atoms with Crippen molar-refractivity contribution in [3.8, 4) is 5.75 Å². The number of H-pyrrole nitrogens is 1. The Hall–Kier alpha value is -4.25. The van der Waals surface area contributed by atoms with Crippen LogP contribution in [0.4, 0.5) is 5.95 Å². The molecule has 2 aromatic carbocycles. The van der Waals surface area contributed by atoms with Crippen molar-refractivity contribution in [3.63, 3.8) is 0 Å². The van der Waals surface area contributed by atoms with Gasteiger partial charge in [-0.15, -0.1) is 0 Å². The van der Waals surface area contributed by atoms with E-state index >= 15 is 0 Å². The number of fused-ring (bicyclic) bond motifs is 1. The molecule has 5 rings (SSSR count). The summed E-state index contributed by atoms with van der Waals surface area (Å²) in [6.07, 6.45) is 5.91. The van der Waals surface area contributed by atoms with Gasteiger partial charge in [0, 0.05) is 11.6 Å². The summed E-state index contributed by atoms with van der Waals surface area (Å²) in [5.74, 6) is 0.0154. The number of hydrogen-bond acceptors (Lipinski definition) is 9. The first-order valence-electron chi connectivity index (χ1n) is 15.0. The molecular formula is C32H39N6O6P. The number of para-hydroxylation sites is 1. The summed E-state index contributed by atoms with van der Waals surface area (Å²) in [6, 6.07) is 17.1. The quantitative estimate of drug-likeness (QED) is 0.115. The van der Waals surface area contributed by atoms with Crippen LogP contribution in [0.3, 0.4) is 0 Å². The fraction of sp³-hybridized carbons (Fsp3) is 0.375. The molecule has 0 amide bonds. The molecule has 13 heteroatoms. The van der Waals surface area contributed by atoms with E-state index in [1.54, 1.807) is 28.8 Å². The van der Waals surface area contributed by atoms with Crippen molar-refractivity contribution in [2.45, 2.75) is 52.5 Å². The van der Waals surface area contributed by atoms with Crippen LogP contribution in [0, 0.1) is 11.3 Å². The van der Waals surface area contributed by atoms with E-state index in [4.69, 9.17) is 19.5 Å². The molecule has 2 unspecified atom stereocenters. The van der Waals surface area contributed by atoms with E-state index in [2.05, 4.69) is 33.9 Å². The fourth-order valence-corrected chi connectivity index (χ4v) is 6.52. The maximum atomic E-state index is 14.4. The lowest BCUT2D eigenvalue weighted by atomic mass is 10.0. The summed E-state index contributed by atoms with van der Waals surface area (Å²) in [4.78, 5) is 36.4. The third kappa shape index (κ3) is 8.08. The first-order valence-corrected chi connectivity index (χ1v) is 16.6. The summed E-state index contributed by atoms with van der Waals surface area (Å²) in [6.45, 7) is 6.37. The number of aromatic amines is 1. The fourth-order valence-electron chi connectivity index (χ4n) is 4.91. The maximum Gasteiger partial charge on any atom is 0.459 e. The number of ether oxygens (including phenoxy) is 1. The van der Waals surface area contributed by atoms with Gasteiger partial charge in [0.05, 0.1) is 13.2 Å². The van der Waals surface area contributed by atoms with E-state index in [0.29, 0.717) is 17.8 Å². The van der Waals surface area contributed by atoms with E-state index in [1.807, 2.05) is 49.5 Å². The molecule has 45 heavy (non-hydrogen) atoms. The molecule has 2 heterocycles. The first-order chi connectivity index (χ1) is 21.6. The zero-order valence-corrected chi connectivity index (χ0v) is 26.5. The molecule has 12 nitrogen and oxygen atoms in total. The van der Waals surface area contributed by atoms with Gasteiger partial charge in [0.15, 0.2) is 11.2 Å². The molecule has 0 spiro atoms. The number of hydrogen-bond donors (Lipinski definition) is 3. The summed E-state index contributed by atoms with van der Waals surface area (Å²) >= 11 is 0. The van der Waals surface area contributed by atoms with E-state index in [-0.39, 0.29) is 37.0 Å². The number of anilines is 1. The van der Waals surface area contributed by atoms with E-state index in [1.165, 1.54) is 6.33 Å². The number of nitrogens with zero attached hydrogens (tertiary/aromatic N) is 3. The van der Waals surface area contributed by atoms with Gasteiger partial charge in [-0.3, -0.25) is 23.7 Å². The molecule has 1 fully saturated rings. The Kier molecular flexibility index (Phi) is 9.86. The van der Waals surface area contributed by atoms with Crippen molar-refractivity contribution < 1.29 is 23.1 Å². The van der Waals surface area contributed by atoms with Crippen LogP contribution in [-0.2, 0) is 25.0 Å². The Balaban J connectivity index is 1.37. The molecule has 238 valence electrons. The van der Waals surface area contributed by atoms with Gasteiger partial charge in [-0.05, 0) is 42.0 Å². The van der Waals surface area contributed by atoms with Crippen LogP contribution in [-0.4, -0.2) is 44.7 Å². The molecular weight excluding hydrogens is 595 g/mol. The second kappa shape index (κ2) is 13.8. The molecule has 0 aliphatic heterocycles. The number of carbonyl (C=O) groups excluding carboxylic acids is 1. The molecule has 4 aromatic rings. The van der Waals surface area contributed by atoms with Gasteiger partial charge in [-0.25, -0.2) is 9.55 Å². The van der Waals surface area contributed by atoms with Crippen molar-refractivity contribution in [2.24, 2.45) is 11.3 Å². The van der Waals surface area contributed by atoms with Crippen LogP contribution >= 0.6 is 7.75 Å². The number of nitrogens with one attached hydrogen (secondary N) is 2. The lowest BCUT2D eigenvalue weighted by molar-refractivity contribution is -0.147. The van der Waals surface area contributed by atoms with Crippen LogP contribution < -0.4 is 20.9 Å². The average molecular weight is 635 g/mol. The number of rotatable bonds is 15. The van der Waals surface area contributed by atoms with Crippen LogP contribution in [0.5, 0.6) is 5.75 Å². The number of nitrogens with two attached hydrogens (primary N) is 1. The highest BCUT2D eigenvalue weighted by Crippen LogP contribution is 2.56. The Morgan fingerprint density at radius 3 is 2.53 bits per heavy atom. The summed E-state index contributed by atoms with van der Waals surface area (Å²) in [7, 11) is -4.13. The second-order valence-electron chi connectivity index (χ2n) is 11.5. The SMILES string of the molecule is CCC(CC)COC(=O)[C@H](Cc1ccccc1)NP(=O)(OCC1(C)C/C1=C/n1cnc2c(=O)[nH]c(N)nc21)Oc1ccccc1. The topological polar surface area (TPSA) is 163 Å². The van der Waals surface area contributed by atoms with Crippen LogP contribution in [0.2, 0.25) is 0 Å². The van der Waals surface area contributed by atoms with Crippen molar-refractivity contribution in [1.29, 1.82) is 0 Å². The van der Waals surface area contributed by atoms with Gasteiger partial charge in [-0.2, -0.15) is 10.1 Å². The third-order valence-electron chi connectivity index (χ3n) is 8.00. The van der Waals surface area contributed by atoms with Gasteiger partial charge in [0.2, 0.25) is 5.95 Å². The number of esters is 1. The van der Waals surface area contributed by atoms with Crippen LogP contribution in [0.25, 0.3) is 17.4 Å². The summed E-state index contributed by atoms with van der Waals surface area (Å²) in [5.41, 5.74) is 7.13. The number of aromatic nitrogens is 4. The molecule has 1 aliphatic carbocycles. The van der Waals surface area contributed by atoms with Crippen molar-refractivity contribution in [2.75, 3.05) is 18.9 Å². The average Bonchev–Trinajstić information content (AvgIpc) is 3.49. The summed E-state index contributed by atoms with van der Waals surface area (Å²) in [5, 5.41) is 2.92. The zero-order valence-electron chi connectivity index (χ0n) is 25.6. The minimum atomic E-state index is -4.13. The molecule has 0 radical (unpaired) electrons. The standard InChI is InChI=1S/C32H39N6O6P/c1-4-22(5-2)19-42-30(40)26(16-23-12-8-6-9-13-23)37-45(41,44-25-14-10-7-11-15-25)43-20-32(3)17-24(32)18-38-21-34-27-28(38)35-31(33)36-29(27)39/h6-15,18,21-22,26H,4-5,16-17,19-20H2,1-3H3,(H,37,41)(H3,33,35,36,39)/b24-18-/t26-,32?,45?/m0/s1. The minimum absolute atomic E-state index is 0.0110. The van der Waals surface area contributed by atoms with Gasteiger partial charge < -0.3 is 15.0 Å².